The summed E-state index contributed by atoms with van der Waals surface area (Å²) in [5.74, 6) is -4.93. The van der Waals surface area contributed by atoms with Gasteiger partial charge in [-0.1, -0.05) is 0 Å². The predicted molar refractivity (Wildman–Crippen MR) is 71.9 cm³/mol. The minimum Gasteiger partial charge on any atom is -0.477 e. The minimum atomic E-state index is -5.08. The Labute approximate surface area is 144 Å². The highest BCUT2D eigenvalue weighted by molar-refractivity contribution is 7.09. The van der Waals surface area contributed by atoms with Crippen LogP contribution in [0.25, 0.3) is 10.6 Å². The van der Waals surface area contributed by atoms with Gasteiger partial charge in [0.25, 0.3) is 0 Å². The SMILES string of the molecule is O=C(O)C(F)(F)F.O=C(O)C[n+]1ccc(-c2nc(C(F)(F)F)ns2)cc1. The number of carboxylic acid groups (broad SMARTS) is 2. The third-order valence-corrected chi connectivity index (χ3v) is 3.14. The van der Waals surface area contributed by atoms with Crippen LogP contribution in [0.1, 0.15) is 5.82 Å². The quantitative estimate of drug-likeness (QED) is 0.601. The molecule has 0 unspecified atom stereocenters. The van der Waals surface area contributed by atoms with Gasteiger partial charge in [0, 0.05) is 17.7 Å². The van der Waals surface area contributed by atoms with Crippen molar-refractivity contribution in [2.75, 3.05) is 0 Å². The van der Waals surface area contributed by atoms with Crippen LogP contribution in [0.15, 0.2) is 24.5 Å². The first-order chi connectivity index (χ1) is 11.8. The van der Waals surface area contributed by atoms with Crippen molar-refractivity contribution < 1.29 is 50.7 Å². The Morgan fingerprint density at radius 2 is 1.58 bits per heavy atom. The van der Waals surface area contributed by atoms with Crippen LogP contribution in [0, 0.1) is 0 Å². The maximum Gasteiger partial charge on any atom is 0.490 e. The van der Waals surface area contributed by atoms with Gasteiger partial charge in [0.15, 0.2) is 12.4 Å². The van der Waals surface area contributed by atoms with Crippen LogP contribution in [-0.2, 0) is 22.3 Å². The lowest BCUT2D eigenvalue weighted by molar-refractivity contribution is -0.685. The summed E-state index contributed by atoms with van der Waals surface area (Å²) in [4.78, 5) is 22.8. The minimum absolute atomic E-state index is 0.134. The number of hydrogen-bond donors (Lipinski definition) is 2. The summed E-state index contributed by atoms with van der Waals surface area (Å²) in [7, 11) is 0. The smallest absolute Gasteiger partial charge is 0.477 e. The Kier molecular flexibility index (Phi) is 6.60. The van der Waals surface area contributed by atoms with Crippen LogP contribution in [-0.4, -0.2) is 37.7 Å². The third-order valence-electron chi connectivity index (χ3n) is 2.38. The maximum atomic E-state index is 12.3. The van der Waals surface area contributed by atoms with Gasteiger partial charge in [0.05, 0.1) is 0 Å². The first-order valence-corrected chi connectivity index (χ1v) is 7.00. The Morgan fingerprint density at radius 1 is 1.08 bits per heavy atom. The number of rotatable bonds is 3. The number of pyridine rings is 1. The molecule has 0 amide bonds. The molecular formula is C12H8F6N3O4S+. The molecule has 0 atom stereocenters. The molecule has 0 aliphatic carbocycles. The molecule has 0 aliphatic rings. The van der Waals surface area contributed by atoms with Crippen molar-refractivity contribution in [3.63, 3.8) is 0 Å². The Morgan fingerprint density at radius 3 is 1.92 bits per heavy atom. The summed E-state index contributed by atoms with van der Waals surface area (Å²) < 4.78 is 73.4. The Balaban J connectivity index is 0.000000412. The third kappa shape index (κ3) is 6.62. The van der Waals surface area contributed by atoms with E-state index >= 15 is 0 Å². The highest BCUT2D eigenvalue weighted by Gasteiger charge is 2.38. The zero-order chi connectivity index (χ0) is 20.1. The molecule has 0 saturated carbocycles. The summed E-state index contributed by atoms with van der Waals surface area (Å²) in [6.45, 7) is -0.218. The lowest BCUT2D eigenvalue weighted by atomic mass is 10.3. The number of alkyl halides is 6. The van der Waals surface area contributed by atoms with E-state index in [4.69, 9.17) is 15.0 Å². The van der Waals surface area contributed by atoms with Gasteiger partial charge >= 0.3 is 24.3 Å². The number of halogens is 6. The number of hydrogen-bond acceptors (Lipinski definition) is 5. The molecule has 2 aromatic rings. The van der Waals surface area contributed by atoms with Gasteiger partial charge in [-0.05, 0) is 11.5 Å². The van der Waals surface area contributed by atoms with E-state index in [1.54, 1.807) is 0 Å². The van der Waals surface area contributed by atoms with Gasteiger partial charge in [-0.2, -0.15) is 35.3 Å². The normalized spacial score (nSPS) is 11.5. The van der Waals surface area contributed by atoms with Crippen molar-refractivity contribution in [1.29, 1.82) is 0 Å². The molecule has 2 rings (SSSR count). The molecule has 2 N–H and O–H groups in total. The van der Waals surface area contributed by atoms with Crippen molar-refractivity contribution in [1.82, 2.24) is 9.36 Å². The van der Waals surface area contributed by atoms with E-state index in [-0.39, 0.29) is 11.6 Å². The van der Waals surface area contributed by atoms with Crippen molar-refractivity contribution in [2.24, 2.45) is 0 Å². The average Bonchev–Trinajstić information content (AvgIpc) is 2.97. The zero-order valence-electron chi connectivity index (χ0n) is 12.2. The second-order valence-corrected chi connectivity index (χ2v) is 5.13. The summed E-state index contributed by atoms with van der Waals surface area (Å²) >= 11 is 0.643. The number of carbonyl (C=O) groups is 2. The molecular weight excluding hydrogens is 396 g/mol. The van der Waals surface area contributed by atoms with Crippen LogP contribution in [0.5, 0.6) is 0 Å². The molecule has 0 spiro atoms. The first-order valence-electron chi connectivity index (χ1n) is 6.23. The summed E-state index contributed by atoms with van der Waals surface area (Å²) in [5.41, 5.74) is 0.453. The number of carboxylic acids is 2. The van der Waals surface area contributed by atoms with Crippen LogP contribution in [0.2, 0.25) is 0 Å². The molecule has 0 aliphatic heterocycles. The summed E-state index contributed by atoms with van der Waals surface area (Å²) in [6, 6.07) is 2.98. The van der Waals surface area contributed by atoms with Gasteiger partial charge in [0.1, 0.15) is 5.01 Å². The fourth-order valence-corrected chi connectivity index (χ4v) is 2.00. The molecule has 0 saturated heterocycles. The molecule has 0 aromatic carbocycles. The number of aliphatic carboxylic acids is 2. The molecule has 0 radical (unpaired) electrons. The maximum absolute atomic E-state index is 12.3. The standard InChI is InChI=1S/C10H6F3N3O2S.C2HF3O2/c11-10(12,13)9-14-8(19-15-9)6-1-3-16(4-2-6)5-7(17)18;3-2(4,5)1(6)7/h1-4H,5H2;(H,6,7)/p+1. The molecule has 2 heterocycles. The van der Waals surface area contributed by atoms with Gasteiger partial charge in [-0.25, -0.2) is 14.6 Å². The van der Waals surface area contributed by atoms with E-state index in [1.807, 2.05) is 0 Å². The van der Waals surface area contributed by atoms with E-state index in [1.165, 1.54) is 29.1 Å². The van der Waals surface area contributed by atoms with Gasteiger partial charge in [-0.3, -0.25) is 0 Å². The molecule has 7 nitrogen and oxygen atoms in total. The van der Waals surface area contributed by atoms with Gasteiger partial charge in [0.2, 0.25) is 12.4 Å². The van der Waals surface area contributed by atoms with E-state index in [2.05, 4.69) is 9.36 Å². The van der Waals surface area contributed by atoms with Crippen LogP contribution >= 0.6 is 11.5 Å². The fourth-order valence-electron chi connectivity index (χ4n) is 1.32. The topological polar surface area (TPSA) is 104 Å². The summed E-state index contributed by atoms with van der Waals surface area (Å²) in [6.07, 6.45) is -6.73. The molecule has 14 heteroatoms. The molecule has 0 fully saturated rings. The van der Waals surface area contributed by atoms with Gasteiger partial charge in [-0.15, -0.1) is 0 Å². The zero-order valence-corrected chi connectivity index (χ0v) is 13.1. The largest absolute Gasteiger partial charge is 0.490 e. The van der Waals surface area contributed by atoms with Crippen LogP contribution < -0.4 is 4.57 Å². The predicted octanol–water partition coefficient (Wildman–Crippen LogP) is 2.23. The monoisotopic (exact) mass is 404 g/mol. The number of nitrogens with zero attached hydrogens (tertiary/aromatic N) is 3. The fraction of sp³-hybridized carbons (Fsp3) is 0.250. The Hall–Kier alpha value is -2.77. The molecule has 142 valence electrons. The lowest BCUT2D eigenvalue weighted by Gasteiger charge is -1.98. The summed E-state index contributed by atoms with van der Waals surface area (Å²) in [5, 5.41) is 15.8. The van der Waals surface area contributed by atoms with E-state index < -0.39 is 30.1 Å². The van der Waals surface area contributed by atoms with Crippen LogP contribution in [0.3, 0.4) is 0 Å². The second kappa shape index (κ2) is 8.07. The Bertz CT molecular complexity index is 773. The highest BCUT2D eigenvalue weighted by Crippen LogP contribution is 2.30. The molecule has 26 heavy (non-hydrogen) atoms. The average molecular weight is 404 g/mol. The van der Waals surface area contributed by atoms with Crippen molar-refractivity contribution in [3.05, 3.63) is 30.4 Å². The molecule has 2 aromatic heterocycles. The van der Waals surface area contributed by atoms with Gasteiger partial charge < -0.3 is 10.2 Å². The highest BCUT2D eigenvalue weighted by atomic mass is 32.1. The first kappa shape index (κ1) is 21.3. The van der Waals surface area contributed by atoms with Crippen molar-refractivity contribution in [2.45, 2.75) is 18.9 Å². The molecule has 0 bridgehead atoms. The van der Waals surface area contributed by atoms with E-state index in [9.17, 15) is 31.1 Å². The second-order valence-electron chi connectivity index (χ2n) is 4.38. The van der Waals surface area contributed by atoms with E-state index in [0.29, 0.717) is 17.1 Å². The number of aromatic nitrogens is 3. The van der Waals surface area contributed by atoms with E-state index in [0.717, 1.165) is 0 Å². The van der Waals surface area contributed by atoms with Crippen LogP contribution in [0.4, 0.5) is 26.3 Å². The lowest BCUT2D eigenvalue weighted by Crippen LogP contribution is -2.36. The van der Waals surface area contributed by atoms with Crippen molar-refractivity contribution in [3.8, 4) is 10.6 Å². The van der Waals surface area contributed by atoms with Crippen molar-refractivity contribution >= 4 is 23.5 Å².